The summed E-state index contributed by atoms with van der Waals surface area (Å²) in [4.78, 5) is 0. The normalized spacial score (nSPS) is 22.3. The Hall–Kier alpha value is -0.270. The fraction of sp³-hybridized carbons (Fsp3) is 1.00. The predicted molar refractivity (Wildman–Crippen MR) is 62.4 cm³/mol. The summed E-state index contributed by atoms with van der Waals surface area (Å²) in [5, 5.41) is 3.17. The fourth-order valence-corrected chi connectivity index (χ4v) is 3.06. The summed E-state index contributed by atoms with van der Waals surface area (Å²) in [6.45, 7) is 2.92. The molecule has 1 aliphatic heterocycles. The third-order valence-corrected chi connectivity index (χ3v) is 4.40. The van der Waals surface area contributed by atoms with E-state index >= 15 is 0 Å². The molecule has 0 aromatic rings. The van der Waals surface area contributed by atoms with Crippen molar-refractivity contribution in [2.75, 3.05) is 19.6 Å². The van der Waals surface area contributed by atoms with Crippen LogP contribution in [0.4, 0.5) is 8.78 Å². The molecule has 0 aromatic carbocycles. The Balaban J connectivity index is 2.65. The largest absolute Gasteiger partial charge is 0.350 e. The molecular formula is C10H20F2N2O2S. The van der Waals surface area contributed by atoms with Gasteiger partial charge in [-0.1, -0.05) is 13.3 Å². The lowest BCUT2D eigenvalue weighted by Gasteiger charge is -2.29. The number of piperidine rings is 1. The van der Waals surface area contributed by atoms with E-state index in [1.807, 2.05) is 0 Å². The van der Waals surface area contributed by atoms with Crippen molar-refractivity contribution in [2.45, 2.75) is 44.4 Å². The molecule has 0 aliphatic carbocycles. The van der Waals surface area contributed by atoms with E-state index in [4.69, 9.17) is 0 Å². The predicted octanol–water partition coefficient (Wildman–Crippen LogP) is 1.39. The Labute approximate surface area is 101 Å². The van der Waals surface area contributed by atoms with Crippen molar-refractivity contribution >= 4 is 10.0 Å². The van der Waals surface area contributed by atoms with Crippen LogP contribution in [-0.2, 0) is 10.0 Å². The fourth-order valence-electron chi connectivity index (χ4n) is 2.01. The van der Waals surface area contributed by atoms with E-state index in [-0.39, 0.29) is 19.1 Å². The lowest BCUT2D eigenvalue weighted by Crippen LogP contribution is -2.47. The monoisotopic (exact) mass is 270 g/mol. The highest BCUT2D eigenvalue weighted by atomic mass is 32.2. The van der Waals surface area contributed by atoms with Gasteiger partial charge in [-0.15, -0.1) is 0 Å². The summed E-state index contributed by atoms with van der Waals surface area (Å²) in [7, 11) is -4.44. The van der Waals surface area contributed by atoms with E-state index in [1.165, 1.54) is 0 Å². The molecule has 4 nitrogen and oxygen atoms in total. The summed E-state index contributed by atoms with van der Waals surface area (Å²) < 4.78 is 48.8. The molecule has 0 spiro atoms. The SMILES string of the molecule is CCCN(CC1CCCCN1)S(=O)(=O)C(F)F. The second-order valence-corrected chi connectivity index (χ2v) is 6.21. The molecule has 1 saturated heterocycles. The highest BCUT2D eigenvalue weighted by Gasteiger charge is 2.33. The molecule has 1 aliphatic rings. The van der Waals surface area contributed by atoms with Crippen LogP contribution >= 0.6 is 0 Å². The number of halogens is 2. The number of hydrogen-bond donors (Lipinski definition) is 1. The smallest absolute Gasteiger partial charge is 0.313 e. The van der Waals surface area contributed by atoms with Gasteiger partial charge >= 0.3 is 5.76 Å². The number of hydrogen-bond acceptors (Lipinski definition) is 3. The molecule has 0 aromatic heterocycles. The van der Waals surface area contributed by atoms with E-state index in [0.717, 1.165) is 30.1 Å². The first-order valence-electron chi connectivity index (χ1n) is 5.99. The van der Waals surface area contributed by atoms with Crippen LogP contribution in [-0.4, -0.2) is 44.2 Å². The van der Waals surface area contributed by atoms with Gasteiger partial charge in [0.05, 0.1) is 0 Å². The average molecular weight is 270 g/mol. The van der Waals surface area contributed by atoms with Crippen LogP contribution < -0.4 is 5.32 Å². The second-order valence-electron chi connectivity index (χ2n) is 4.31. The molecule has 1 rings (SSSR count). The summed E-state index contributed by atoms with van der Waals surface area (Å²) in [5.74, 6) is -3.32. The maximum Gasteiger partial charge on any atom is 0.350 e. The van der Waals surface area contributed by atoms with Gasteiger partial charge in [0, 0.05) is 19.1 Å². The van der Waals surface area contributed by atoms with Crippen molar-refractivity contribution in [3.05, 3.63) is 0 Å². The van der Waals surface area contributed by atoms with Crippen molar-refractivity contribution < 1.29 is 17.2 Å². The van der Waals surface area contributed by atoms with Gasteiger partial charge in [0.25, 0.3) is 10.0 Å². The summed E-state index contributed by atoms with van der Waals surface area (Å²) in [6, 6.07) is 0.00354. The number of alkyl halides is 2. The first kappa shape index (κ1) is 14.8. The van der Waals surface area contributed by atoms with Crippen LogP contribution in [0.3, 0.4) is 0 Å². The summed E-state index contributed by atoms with van der Waals surface area (Å²) in [6.07, 6.45) is 3.47. The van der Waals surface area contributed by atoms with E-state index < -0.39 is 15.8 Å². The molecule has 1 N–H and O–H groups in total. The van der Waals surface area contributed by atoms with Gasteiger partial charge < -0.3 is 5.32 Å². The van der Waals surface area contributed by atoms with Crippen LogP contribution in [0.1, 0.15) is 32.6 Å². The van der Waals surface area contributed by atoms with Gasteiger partial charge in [0.2, 0.25) is 0 Å². The minimum Gasteiger partial charge on any atom is -0.313 e. The molecule has 1 fully saturated rings. The lowest BCUT2D eigenvalue weighted by atomic mass is 10.1. The zero-order valence-electron chi connectivity index (χ0n) is 10.0. The molecule has 1 heterocycles. The second kappa shape index (κ2) is 6.61. The molecule has 0 saturated carbocycles. The Kier molecular flexibility index (Phi) is 5.75. The maximum absolute atomic E-state index is 12.5. The van der Waals surface area contributed by atoms with Crippen molar-refractivity contribution in [3.63, 3.8) is 0 Å². The van der Waals surface area contributed by atoms with Gasteiger partial charge in [-0.25, -0.2) is 8.42 Å². The van der Waals surface area contributed by atoms with Crippen LogP contribution in [0.2, 0.25) is 0 Å². The quantitative estimate of drug-likeness (QED) is 0.793. The van der Waals surface area contributed by atoms with Gasteiger partial charge in [-0.2, -0.15) is 13.1 Å². The zero-order valence-corrected chi connectivity index (χ0v) is 10.8. The van der Waals surface area contributed by atoms with Crippen molar-refractivity contribution in [1.29, 1.82) is 0 Å². The Morgan fingerprint density at radius 1 is 1.41 bits per heavy atom. The third-order valence-electron chi connectivity index (χ3n) is 2.89. The Morgan fingerprint density at radius 2 is 2.12 bits per heavy atom. The minimum absolute atomic E-state index is 0.00354. The summed E-state index contributed by atoms with van der Waals surface area (Å²) in [5.41, 5.74) is 0. The number of sulfonamides is 1. The standard InChI is InChI=1S/C10H20F2N2O2S/c1-2-7-14(17(15,16)10(11)12)8-9-5-3-4-6-13-9/h9-10,13H,2-8H2,1H3. The summed E-state index contributed by atoms with van der Waals surface area (Å²) >= 11 is 0. The highest BCUT2D eigenvalue weighted by molar-refractivity contribution is 7.89. The highest BCUT2D eigenvalue weighted by Crippen LogP contribution is 2.16. The van der Waals surface area contributed by atoms with Crippen molar-refractivity contribution in [2.24, 2.45) is 0 Å². The van der Waals surface area contributed by atoms with Gasteiger partial charge in [0.1, 0.15) is 0 Å². The minimum atomic E-state index is -4.44. The van der Waals surface area contributed by atoms with Crippen LogP contribution in [0.15, 0.2) is 0 Å². The van der Waals surface area contributed by atoms with Crippen LogP contribution in [0.25, 0.3) is 0 Å². The van der Waals surface area contributed by atoms with Gasteiger partial charge in [0.15, 0.2) is 0 Å². The zero-order chi connectivity index (χ0) is 12.9. The van der Waals surface area contributed by atoms with E-state index in [2.05, 4.69) is 5.32 Å². The Morgan fingerprint density at radius 3 is 2.59 bits per heavy atom. The molecular weight excluding hydrogens is 250 g/mol. The number of nitrogens with zero attached hydrogens (tertiary/aromatic N) is 1. The number of rotatable bonds is 6. The maximum atomic E-state index is 12.5. The molecule has 0 bridgehead atoms. The molecule has 7 heteroatoms. The molecule has 1 atom stereocenters. The van der Waals surface area contributed by atoms with E-state index in [0.29, 0.717) is 6.42 Å². The molecule has 0 amide bonds. The van der Waals surface area contributed by atoms with Crippen molar-refractivity contribution in [1.82, 2.24) is 9.62 Å². The van der Waals surface area contributed by atoms with Gasteiger partial charge in [-0.3, -0.25) is 0 Å². The first-order valence-corrected chi connectivity index (χ1v) is 7.49. The number of nitrogens with one attached hydrogen (secondary N) is 1. The first-order chi connectivity index (χ1) is 7.98. The molecule has 17 heavy (non-hydrogen) atoms. The average Bonchev–Trinajstić information content (AvgIpc) is 2.29. The lowest BCUT2D eigenvalue weighted by molar-refractivity contribution is 0.213. The molecule has 102 valence electrons. The topological polar surface area (TPSA) is 49.4 Å². The van der Waals surface area contributed by atoms with Crippen LogP contribution in [0.5, 0.6) is 0 Å². The third kappa shape index (κ3) is 4.15. The molecule has 0 radical (unpaired) electrons. The van der Waals surface area contributed by atoms with E-state index in [9.17, 15) is 17.2 Å². The van der Waals surface area contributed by atoms with Crippen LogP contribution in [0, 0.1) is 0 Å². The van der Waals surface area contributed by atoms with Gasteiger partial charge in [-0.05, 0) is 25.8 Å². The van der Waals surface area contributed by atoms with E-state index in [1.54, 1.807) is 6.92 Å². The molecule has 1 unspecified atom stereocenters. The van der Waals surface area contributed by atoms with Crippen molar-refractivity contribution in [3.8, 4) is 0 Å². The Bertz CT molecular complexity index is 316.